The molecule has 0 aromatic heterocycles. The SMILES string of the molecule is O=C(CN1C(=O)CC[S@@](=O)c2cccc(-c3ccccc3)c21)Nc1ccc(F)cc1C(F)(F)F. The number of nitrogens with one attached hydrogen (secondary N) is 1. The zero-order valence-corrected chi connectivity index (χ0v) is 18.4. The number of benzene rings is 3. The third-order valence-electron chi connectivity index (χ3n) is 5.26. The first-order valence-corrected chi connectivity index (χ1v) is 11.5. The summed E-state index contributed by atoms with van der Waals surface area (Å²) in [5, 5.41) is 2.14. The molecule has 0 bridgehead atoms. The highest BCUT2D eigenvalue weighted by molar-refractivity contribution is 7.85. The van der Waals surface area contributed by atoms with Crippen molar-refractivity contribution in [1.29, 1.82) is 0 Å². The quantitative estimate of drug-likeness (QED) is 0.524. The number of rotatable bonds is 4. The van der Waals surface area contributed by atoms with E-state index in [9.17, 15) is 31.4 Å². The van der Waals surface area contributed by atoms with Crippen LogP contribution in [0.25, 0.3) is 11.1 Å². The number of para-hydroxylation sites is 1. The molecule has 0 unspecified atom stereocenters. The van der Waals surface area contributed by atoms with Crippen LogP contribution >= 0.6 is 0 Å². The van der Waals surface area contributed by atoms with E-state index in [1.54, 1.807) is 48.5 Å². The number of carbonyl (C=O) groups is 2. The lowest BCUT2D eigenvalue weighted by atomic mass is 10.0. The minimum absolute atomic E-state index is 0.0539. The van der Waals surface area contributed by atoms with E-state index >= 15 is 0 Å². The van der Waals surface area contributed by atoms with E-state index in [0.717, 1.165) is 17.0 Å². The van der Waals surface area contributed by atoms with Crippen molar-refractivity contribution >= 4 is 34.0 Å². The second-order valence-corrected chi connectivity index (χ2v) is 9.07. The minimum Gasteiger partial charge on any atom is -0.324 e. The maximum atomic E-state index is 13.4. The van der Waals surface area contributed by atoms with Gasteiger partial charge in [-0.25, -0.2) is 4.39 Å². The van der Waals surface area contributed by atoms with Crippen LogP contribution in [0.5, 0.6) is 0 Å². The smallest absolute Gasteiger partial charge is 0.324 e. The van der Waals surface area contributed by atoms with Gasteiger partial charge in [-0.1, -0.05) is 42.5 Å². The molecule has 1 aliphatic heterocycles. The Labute approximate surface area is 194 Å². The molecule has 1 aliphatic rings. The normalized spacial score (nSPS) is 16.1. The summed E-state index contributed by atoms with van der Waals surface area (Å²) in [6, 6.07) is 15.9. The highest BCUT2D eigenvalue weighted by Crippen LogP contribution is 2.39. The van der Waals surface area contributed by atoms with Gasteiger partial charge in [0.2, 0.25) is 11.8 Å². The first kappa shape index (κ1) is 23.6. The third kappa shape index (κ3) is 4.86. The van der Waals surface area contributed by atoms with Gasteiger partial charge >= 0.3 is 6.18 Å². The van der Waals surface area contributed by atoms with Crippen molar-refractivity contribution in [3.05, 3.63) is 78.1 Å². The van der Waals surface area contributed by atoms with Gasteiger partial charge < -0.3 is 10.2 Å². The Kier molecular flexibility index (Phi) is 6.52. The lowest BCUT2D eigenvalue weighted by Gasteiger charge is -2.25. The van der Waals surface area contributed by atoms with Gasteiger partial charge in [-0.15, -0.1) is 0 Å². The molecule has 0 radical (unpaired) electrons. The minimum atomic E-state index is -4.90. The van der Waals surface area contributed by atoms with Gasteiger partial charge in [0, 0.05) is 17.7 Å². The molecule has 4 rings (SSSR count). The molecule has 3 aromatic rings. The Hall–Kier alpha value is -3.53. The molecule has 0 saturated heterocycles. The number of carbonyl (C=O) groups excluding carboxylic acids is 2. The summed E-state index contributed by atoms with van der Waals surface area (Å²) in [5.74, 6) is -2.44. The average Bonchev–Trinajstić information content (AvgIpc) is 2.92. The number of nitrogens with zero attached hydrogens (tertiary/aromatic N) is 1. The molecule has 10 heteroatoms. The fraction of sp³-hybridized carbons (Fsp3) is 0.167. The Morgan fingerprint density at radius 3 is 2.47 bits per heavy atom. The number of anilines is 2. The highest BCUT2D eigenvalue weighted by Gasteiger charge is 2.35. The van der Waals surface area contributed by atoms with Crippen molar-refractivity contribution < 1.29 is 31.4 Å². The second-order valence-electron chi connectivity index (χ2n) is 7.53. The Morgan fingerprint density at radius 1 is 1.03 bits per heavy atom. The second kappa shape index (κ2) is 9.38. The number of alkyl halides is 3. The van der Waals surface area contributed by atoms with Crippen LogP contribution in [-0.2, 0) is 26.6 Å². The molecule has 1 heterocycles. The van der Waals surface area contributed by atoms with Crippen LogP contribution < -0.4 is 10.2 Å². The number of hydrogen-bond donors (Lipinski definition) is 1. The first-order valence-electron chi connectivity index (χ1n) is 10.2. The van der Waals surface area contributed by atoms with Crippen LogP contribution in [0, 0.1) is 5.82 Å². The molecule has 34 heavy (non-hydrogen) atoms. The molecule has 2 amide bonds. The van der Waals surface area contributed by atoms with Gasteiger partial charge in [-0.3, -0.25) is 13.8 Å². The third-order valence-corrected chi connectivity index (χ3v) is 6.66. The van der Waals surface area contributed by atoms with Crippen LogP contribution in [-0.4, -0.2) is 28.3 Å². The number of halogens is 4. The molecule has 1 atom stereocenters. The molecular formula is C24H18F4N2O3S. The molecule has 1 N–H and O–H groups in total. The average molecular weight is 490 g/mol. The molecule has 0 saturated carbocycles. The summed E-state index contributed by atoms with van der Waals surface area (Å²) in [6.45, 7) is -0.610. The summed E-state index contributed by atoms with van der Waals surface area (Å²) in [4.78, 5) is 27.3. The first-order chi connectivity index (χ1) is 16.1. The predicted octanol–water partition coefficient (Wildman–Crippen LogP) is 4.99. The van der Waals surface area contributed by atoms with Crippen molar-refractivity contribution in [3.63, 3.8) is 0 Å². The van der Waals surface area contributed by atoms with E-state index < -0.39 is 52.4 Å². The lowest BCUT2D eigenvalue weighted by molar-refractivity contribution is -0.137. The van der Waals surface area contributed by atoms with Gasteiger partial charge in [0.25, 0.3) is 0 Å². The monoisotopic (exact) mass is 490 g/mol. The summed E-state index contributed by atoms with van der Waals surface area (Å²) < 4.78 is 66.2. The molecule has 0 fully saturated rings. The molecule has 5 nitrogen and oxygen atoms in total. The molecular weight excluding hydrogens is 472 g/mol. The van der Waals surface area contributed by atoms with E-state index in [0.29, 0.717) is 22.1 Å². The van der Waals surface area contributed by atoms with E-state index in [-0.39, 0.29) is 17.9 Å². The molecule has 3 aromatic carbocycles. The number of fused-ring (bicyclic) bond motifs is 1. The predicted molar refractivity (Wildman–Crippen MR) is 120 cm³/mol. The van der Waals surface area contributed by atoms with Crippen molar-refractivity contribution in [2.24, 2.45) is 0 Å². The van der Waals surface area contributed by atoms with Crippen molar-refractivity contribution in [2.45, 2.75) is 17.5 Å². The van der Waals surface area contributed by atoms with E-state index in [1.165, 1.54) is 0 Å². The summed E-state index contributed by atoms with van der Waals surface area (Å²) in [6.07, 6.45) is -5.00. The van der Waals surface area contributed by atoms with Crippen molar-refractivity contribution in [3.8, 4) is 11.1 Å². The van der Waals surface area contributed by atoms with Crippen LogP contribution in [0.15, 0.2) is 71.6 Å². The maximum Gasteiger partial charge on any atom is 0.418 e. The van der Waals surface area contributed by atoms with Crippen molar-refractivity contribution in [1.82, 2.24) is 0 Å². The van der Waals surface area contributed by atoms with Gasteiger partial charge in [-0.2, -0.15) is 13.2 Å². The van der Waals surface area contributed by atoms with Gasteiger partial charge in [0.15, 0.2) is 0 Å². The largest absolute Gasteiger partial charge is 0.418 e. The van der Waals surface area contributed by atoms with Crippen LogP contribution in [0.1, 0.15) is 12.0 Å². The van der Waals surface area contributed by atoms with Crippen molar-refractivity contribution in [2.75, 3.05) is 22.5 Å². The molecule has 0 aliphatic carbocycles. The fourth-order valence-electron chi connectivity index (χ4n) is 3.75. The Bertz CT molecular complexity index is 1280. The van der Waals surface area contributed by atoms with Crippen LogP contribution in [0.3, 0.4) is 0 Å². The highest BCUT2D eigenvalue weighted by atomic mass is 32.2. The zero-order valence-electron chi connectivity index (χ0n) is 17.6. The Morgan fingerprint density at radius 2 is 1.76 bits per heavy atom. The lowest BCUT2D eigenvalue weighted by Crippen LogP contribution is -2.38. The van der Waals surface area contributed by atoms with Crippen LogP contribution in [0.2, 0.25) is 0 Å². The van der Waals surface area contributed by atoms with E-state index in [1.807, 2.05) is 0 Å². The van der Waals surface area contributed by atoms with E-state index in [2.05, 4.69) is 5.32 Å². The van der Waals surface area contributed by atoms with Gasteiger partial charge in [-0.05, 0) is 29.8 Å². The van der Waals surface area contributed by atoms with Gasteiger partial charge in [0.1, 0.15) is 12.4 Å². The maximum absolute atomic E-state index is 13.4. The summed E-state index contributed by atoms with van der Waals surface area (Å²) in [5.41, 5.74) is -0.405. The van der Waals surface area contributed by atoms with E-state index in [4.69, 9.17) is 0 Å². The molecule has 0 spiro atoms. The number of amides is 2. The molecule has 176 valence electrons. The standard InChI is InChI=1S/C24H18F4N2O3S/c25-16-9-10-19(18(13-16)24(26,27)28)29-21(31)14-30-22(32)11-12-34(33)20-8-4-7-17(23(20)30)15-5-2-1-3-6-15/h1-10,13H,11-12,14H2,(H,29,31)/t34-/m1/s1. The summed E-state index contributed by atoms with van der Waals surface area (Å²) in [7, 11) is -1.51. The Balaban J connectivity index is 1.72. The van der Waals surface area contributed by atoms with Crippen LogP contribution in [0.4, 0.5) is 28.9 Å². The van der Waals surface area contributed by atoms with Gasteiger partial charge in [0.05, 0.1) is 32.6 Å². The topological polar surface area (TPSA) is 66.5 Å². The zero-order chi connectivity index (χ0) is 24.5. The fourth-order valence-corrected chi connectivity index (χ4v) is 4.99. The number of hydrogen-bond acceptors (Lipinski definition) is 3. The summed E-state index contributed by atoms with van der Waals surface area (Å²) >= 11 is 0.